The number of halogens is 2. The molecule has 0 radical (unpaired) electrons. The third-order valence-corrected chi connectivity index (χ3v) is 7.35. The fourth-order valence-electron chi connectivity index (χ4n) is 3.65. The number of aromatic nitrogens is 2. The van der Waals surface area contributed by atoms with Crippen molar-refractivity contribution in [1.82, 2.24) is 9.97 Å². The van der Waals surface area contributed by atoms with Gasteiger partial charge in [0.1, 0.15) is 5.15 Å². The number of rotatable bonds is 4. The minimum absolute atomic E-state index is 0.0574. The van der Waals surface area contributed by atoms with Crippen LogP contribution in [0, 0.1) is 5.92 Å². The summed E-state index contributed by atoms with van der Waals surface area (Å²) in [4.78, 5) is 18.7. The minimum Gasteiger partial charge on any atom is -0.478 e. The van der Waals surface area contributed by atoms with Gasteiger partial charge in [-0.3, -0.25) is 0 Å². The van der Waals surface area contributed by atoms with Gasteiger partial charge in [-0.1, -0.05) is 29.8 Å². The summed E-state index contributed by atoms with van der Waals surface area (Å²) in [5.41, 5.74) is 2.37. The molecule has 9 heteroatoms. The van der Waals surface area contributed by atoms with E-state index >= 15 is 4.39 Å². The summed E-state index contributed by atoms with van der Waals surface area (Å²) < 4.78 is 41.5. The molecule has 4 rings (SSSR count). The molecular formula is C18H14ClFN2O4S. The van der Waals surface area contributed by atoms with E-state index in [9.17, 15) is 18.3 Å². The van der Waals surface area contributed by atoms with Gasteiger partial charge in [-0.05, 0) is 42.7 Å². The molecule has 1 aliphatic carbocycles. The average Bonchev–Trinajstić information content (AvgIpc) is 3.20. The highest BCUT2D eigenvalue weighted by Crippen LogP contribution is 2.44. The van der Waals surface area contributed by atoms with Crippen molar-refractivity contribution in [2.24, 2.45) is 5.92 Å². The van der Waals surface area contributed by atoms with E-state index < -0.39 is 26.7 Å². The van der Waals surface area contributed by atoms with Crippen molar-refractivity contribution in [3.05, 3.63) is 58.9 Å². The number of benzene rings is 1. The van der Waals surface area contributed by atoms with Crippen LogP contribution in [0.5, 0.6) is 0 Å². The summed E-state index contributed by atoms with van der Waals surface area (Å²) >= 11 is 5.92. The topological polar surface area (TPSA) is 100 Å². The lowest BCUT2D eigenvalue weighted by Crippen LogP contribution is -2.49. The number of hydrogen-bond donors (Lipinski definition) is 2. The molecule has 0 fully saturated rings. The third-order valence-electron chi connectivity index (χ3n) is 4.96. The molecule has 2 heterocycles. The van der Waals surface area contributed by atoms with E-state index in [1.54, 1.807) is 18.2 Å². The quantitative estimate of drug-likeness (QED) is 0.646. The van der Waals surface area contributed by atoms with Gasteiger partial charge in [0.15, 0.2) is 0 Å². The first kappa shape index (κ1) is 17.9. The number of alkyl halides is 1. The molecule has 6 nitrogen and oxygen atoms in total. The molecule has 0 saturated heterocycles. The van der Waals surface area contributed by atoms with Crippen molar-refractivity contribution in [1.29, 1.82) is 0 Å². The third kappa shape index (κ3) is 2.55. The predicted molar refractivity (Wildman–Crippen MR) is 97.1 cm³/mol. The summed E-state index contributed by atoms with van der Waals surface area (Å²) in [6.07, 6.45) is -0.129. The molecule has 0 amide bonds. The Kier molecular flexibility index (Phi) is 4.01. The van der Waals surface area contributed by atoms with Gasteiger partial charge in [0.05, 0.1) is 15.9 Å². The van der Waals surface area contributed by atoms with Gasteiger partial charge in [0, 0.05) is 11.6 Å². The van der Waals surface area contributed by atoms with Crippen molar-refractivity contribution in [2.45, 2.75) is 22.7 Å². The summed E-state index contributed by atoms with van der Waals surface area (Å²) in [6.45, 7) is 0. The first-order chi connectivity index (χ1) is 12.7. The molecule has 3 aromatic rings. The lowest BCUT2D eigenvalue weighted by Gasteiger charge is -2.27. The molecule has 2 N–H and O–H groups in total. The Labute approximate surface area is 158 Å². The molecule has 0 aliphatic heterocycles. The molecule has 27 heavy (non-hydrogen) atoms. The van der Waals surface area contributed by atoms with Gasteiger partial charge in [-0.25, -0.2) is 22.6 Å². The second kappa shape index (κ2) is 6.03. The number of fused-ring (bicyclic) bond motifs is 3. The Morgan fingerprint density at radius 2 is 1.93 bits per heavy atom. The number of nitrogens with zero attached hydrogens (tertiary/aromatic N) is 1. The Balaban J connectivity index is 1.80. The van der Waals surface area contributed by atoms with E-state index in [4.69, 9.17) is 11.6 Å². The van der Waals surface area contributed by atoms with E-state index in [0.717, 1.165) is 0 Å². The fourth-order valence-corrected chi connectivity index (χ4v) is 5.49. The van der Waals surface area contributed by atoms with Crippen molar-refractivity contribution in [3.8, 4) is 0 Å². The van der Waals surface area contributed by atoms with Crippen LogP contribution in [0.4, 0.5) is 4.39 Å². The fraction of sp³-hybridized carbons (Fsp3) is 0.222. The van der Waals surface area contributed by atoms with Gasteiger partial charge < -0.3 is 10.1 Å². The van der Waals surface area contributed by atoms with E-state index in [-0.39, 0.29) is 22.9 Å². The second-order valence-corrected chi connectivity index (χ2v) is 8.94. The van der Waals surface area contributed by atoms with E-state index in [1.807, 2.05) is 0 Å². The van der Waals surface area contributed by atoms with Crippen LogP contribution in [-0.2, 0) is 27.5 Å². The molecule has 140 valence electrons. The summed E-state index contributed by atoms with van der Waals surface area (Å²) in [6, 6.07) is 10.1. The Hall–Kier alpha value is -2.45. The van der Waals surface area contributed by atoms with E-state index in [0.29, 0.717) is 22.3 Å². The lowest BCUT2D eigenvalue weighted by molar-refractivity contribution is -0.147. The average molecular weight is 409 g/mol. The molecule has 0 spiro atoms. The molecule has 2 atom stereocenters. The van der Waals surface area contributed by atoms with E-state index in [2.05, 4.69) is 9.97 Å². The van der Waals surface area contributed by atoms with Crippen molar-refractivity contribution in [3.63, 3.8) is 0 Å². The molecule has 0 saturated carbocycles. The van der Waals surface area contributed by atoms with Crippen LogP contribution in [0.2, 0.25) is 5.15 Å². The van der Waals surface area contributed by atoms with E-state index in [1.165, 1.54) is 24.3 Å². The zero-order chi connectivity index (χ0) is 19.4. The van der Waals surface area contributed by atoms with Crippen LogP contribution < -0.4 is 0 Å². The number of sulfone groups is 1. The highest BCUT2D eigenvalue weighted by Gasteiger charge is 2.60. The van der Waals surface area contributed by atoms with Crippen molar-refractivity contribution >= 4 is 38.4 Å². The smallest absolute Gasteiger partial charge is 0.358 e. The van der Waals surface area contributed by atoms with Crippen LogP contribution in [0.1, 0.15) is 11.3 Å². The molecule has 2 unspecified atom stereocenters. The summed E-state index contributed by atoms with van der Waals surface area (Å²) in [5, 5.41) is 6.35. The molecular weight excluding hydrogens is 395 g/mol. The summed E-state index contributed by atoms with van der Waals surface area (Å²) in [7, 11) is -4.77. The SMILES string of the molecule is O=C(O)C(F)(C1Cc2[nH]c3ccc(Cl)nc3c2C1)S(=O)(=O)c1ccccc1. The van der Waals surface area contributed by atoms with Gasteiger partial charge >= 0.3 is 11.0 Å². The maximum atomic E-state index is 15.8. The number of aromatic amines is 1. The number of carboxylic acid groups (broad SMARTS) is 1. The standard InChI is InChI=1S/C18H14ClFN2O4S/c19-15-7-6-13-16(22-15)12-8-10(9-14(12)21-13)18(20,17(23)24)27(25,26)11-4-2-1-3-5-11/h1-7,10,21H,8-9H2,(H,23,24). The Morgan fingerprint density at radius 3 is 2.59 bits per heavy atom. The normalized spacial score (nSPS) is 19.0. The number of pyridine rings is 1. The number of carbonyl (C=O) groups is 1. The highest BCUT2D eigenvalue weighted by molar-refractivity contribution is 7.93. The lowest BCUT2D eigenvalue weighted by atomic mass is 9.99. The van der Waals surface area contributed by atoms with Crippen molar-refractivity contribution in [2.75, 3.05) is 0 Å². The van der Waals surface area contributed by atoms with Gasteiger partial charge in [0.25, 0.3) is 0 Å². The molecule has 1 aliphatic rings. The highest BCUT2D eigenvalue weighted by atomic mass is 35.5. The van der Waals surface area contributed by atoms with Crippen LogP contribution >= 0.6 is 11.6 Å². The molecule has 0 bridgehead atoms. The number of H-pyrrole nitrogens is 1. The maximum absolute atomic E-state index is 15.8. The Morgan fingerprint density at radius 1 is 1.22 bits per heavy atom. The van der Waals surface area contributed by atoms with Crippen LogP contribution in [0.3, 0.4) is 0 Å². The van der Waals surface area contributed by atoms with Gasteiger partial charge in [-0.15, -0.1) is 0 Å². The van der Waals surface area contributed by atoms with Crippen molar-refractivity contribution < 1.29 is 22.7 Å². The minimum atomic E-state index is -4.77. The van der Waals surface area contributed by atoms with Crippen LogP contribution in [-0.4, -0.2) is 34.5 Å². The van der Waals surface area contributed by atoms with Gasteiger partial charge in [-0.2, -0.15) is 0 Å². The Bertz CT molecular complexity index is 1160. The number of carboxylic acids is 1. The number of nitrogens with one attached hydrogen (secondary N) is 1. The van der Waals surface area contributed by atoms with Crippen LogP contribution in [0.25, 0.3) is 11.0 Å². The first-order valence-electron chi connectivity index (χ1n) is 8.13. The monoisotopic (exact) mass is 408 g/mol. The molecule has 1 aromatic carbocycles. The predicted octanol–water partition coefficient (Wildman–Crippen LogP) is 3.16. The first-order valence-corrected chi connectivity index (χ1v) is 9.99. The second-order valence-electron chi connectivity index (χ2n) is 6.48. The number of hydrogen-bond acceptors (Lipinski definition) is 4. The maximum Gasteiger partial charge on any atom is 0.358 e. The zero-order valence-electron chi connectivity index (χ0n) is 13.8. The zero-order valence-corrected chi connectivity index (χ0v) is 15.4. The number of aliphatic carboxylic acids is 1. The van der Waals surface area contributed by atoms with Crippen LogP contribution in [0.15, 0.2) is 47.4 Å². The largest absolute Gasteiger partial charge is 0.478 e. The molecule has 2 aromatic heterocycles. The summed E-state index contributed by atoms with van der Waals surface area (Å²) in [5.74, 6) is -3.30. The van der Waals surface area contributed by atoms with Gasteiger partial charge in [0.2, 0.25) is 9.84 Å².